The molecule has 0 aromatic carbocycles. The van der Waals surface area contributed by atoms with Crippen LogP contribution in [0.4, 0.5) is 0 Å². The van der Waals surface area contributed by atoms with Crippen molar-refractivity contribution in [3.05, 3.63) is 59.3 Å². The molecule has 1 nitrogen and oxygen atoms in total. The smallest absolute Gasteiger partial charge is 0.0563 e. The highest BCUT2D eigenvalue weighted by atomic mass is 15.0. The summed E-state index contributed by atoms with van der Waals surface area (Å²) in [4.78, 5) is 0. The molecule has 0 aliphatic heterocycles. The molecule has 0 aliphatic carbocycles. The maximum Gasteiger partial charge on any atom is 0.0563 e. The zero-order valence-electron chi connectivity index (χ0n) is 13.8. The second kappa shape index (κ2) is 8.31. The summed E-state index contributed by atoms with van der Waals surface area (Å²) in [5, 5.41) is 2.52. The molecular formula is C20H27N. The van der Waals surface area contributed by atoms with Crippen molar-refractivity contribution in [2.75, 3.05) is 0 Å². The number of allylic oxidation sites excluding steroid dienone is 5. The van der Waals surface area contributed by atoms with Crippen LogP contribution in [0.15, 0.2) is 37.5 Å². The number of hydrogen-bond donors (Lipinski definition) is 0. The highest BCUT2D eigenvalue weighted by molar-refractivity contribution is 5.76. The van der Waals surface area contributed by atoms with E-state index in [9.17, 15) is 0 Å². The highest BCUT2D eigenvalue weighted by Gasteiger charge is 2.11. The first kappa shape index (κ1) is 17.0. The van der Waals surface area contributed by atoms with Crippen molar-refractivity contribution in [3.63, 3.8) is 0 Å². The van der Waals surface area contributed by atoms with Crippen LogP contribution in [0.25, 0.3) is 23.9 Å². The molecule has 0 N–H and O–H groups in total. The first-order valence-corrected chi connectivity index (χ1v) is 7.61. The Morgan fingerprint density at radius 3 is 2.43 bits per heavy atom. The molecule has 0 saturated heterocycles. The lowest BCUT2D eigenvalue weighted by Crippen LogP contribution is -2.27. The lowest BCUT2D eigenvalue weighted by molar-refractivity contribution is 0.976. The van der Waals surface area contributed by atoms with E-state index in [4.69, 9.17) is 0 Å². The molecule has 112 valence electrons. The molecule has 1 aromatic heterocycles. The van der Waals surface area contributed by atoms with Crippen LogP contribution in [0.2, 0.25) is 0 Å². The van der Waals surface area contributed by atoms with Crippen LogP contribution in [0.3, 0.4) is 0 Å². The third-order valence-corrected chi connectivity index (χ3v) is 3.59. The van der Waals surface area contributed by atoms with E-state index < -0.39 is 0 Å². The molecule has 0 amide bonds. The topological polar surface area (TPSA) is 4.93 Å². The van der Waals surface area contributed by atoms with Crippen LogP contribution in [-0.2, 0) is 0 Å². The fourth-order valence-electron chi connectivity index (χ4n) is 2.59. The molecule has 21 heavy (non-hydrogen) atoms. The van der Waals surface area contributed by atoms with Gasteiger partial charge in [0.25, 0.3) is 0 Å². The van der Waals surface area contributed by atoms with Gasteiger partial charge in [0.2, 0.25) is 0 Å². The quantitative estimate of drug-likeness (QED) is 0.680. The van der Waals surface area contributed by atoms with E-state index in [0.717, 1.165) is 18.4 Å². The lowest BCUT2D eigenvalue weighted by Gasteiger charge is -2.07. The number of rotatable bonds is 6. The average molecular weight is 281 g/mol. The van der Waals surface area contributed by atoms with E-state index in [-0.39, 0.29) is 0 Å². The summed E-state index contributed by atoms with van der Waals surface area (Å²) in [5.41, 5.74) is 3.56. The van der Waals surface area contributed by atoms with Crippen molar-refractivity contribution in [2.24, 2.45) is 0 Å². The fourth-order valence-corrected chi connectivity index (χ4v) is 2.59. The van der Waals surface area contributed by atoms with Crippen molar-refractivity contribution >= 4 is 23.9 Å². The molecule has 0 unspecified atom stereocenters. The maximum atomic E-state index is 4.00. The Balaban J connectivity index is 3.80. The van der Waals surface area contributed by atoms with Crippen molar-refractivity contribution in [1.29, 1.82) is 0 Å². The summed E-state index contributed by atoms with van der Waals surface area (Å²) in [6, 6.07) is 0. The Morgan fingerprint density at radius 2 is 1.95 bits per heavy atom. The van der Waals surface area contributed by atoms with Crippen molar-refractivity contribution in [3.8, 4) is 0 Å². The second-order valence-corrected chi connectivity index (χ2v) is 4.96. The van der Waals surface area contributed by atoms with E-state index in [2.05, 4.69) is 56.7 Å². The van der Waals surface area contributed by atoms with Gasteiger partial charge in [-0.2, -0.15) is 0 Å². The summed E-state index contributed by atoms with van der Waals surface area (Å²) in [6.45, 7) is 16.4. The van der Waals surface area contributed by atoms with Gasteiger partial charge in [0, 0.05) is 11.5 Å². The van der Waals surface area contributed by atoms with Gasteiger partial charge in [-0.1, -0.05) is 63.0 Å². The molecule has 1 aromatic rings. The first-order valence-electron chi connectivity index (χ1n) is 7.61. The molecule has 0 saturated carbocycles. The largest absolute Gasteiger partial charge is 0.317 e. The molecule has 0 bridgehead atoms. The summed E-state index contributed by atoms with van der Waals surface area (Å²) in [5.74, 6) is 0. The van der Waals surface area contributed by atoms with Gasteiger partial charge in [0.05, 0.1) is 5.69 Å². The second-order valence-electron chi connectivity index (χ2n) is 4.96. The minimum Gasteiger partial charge on any atom is -0.317 e. The first-order chi connectivity index (χ1) is 10.2. The number of unbranched alkanes of at least 4 members (excludes halogenated alkanes) is 1. The summed E-state index contributed by atoms with van der Waals surface area (Å²) in [7, 11) is 0. The molecule has 0 atom stereocenters. The Morgan fingerprint density at radius 1 is 1.24 bits per heavy atom. The zero-order chi connectivity index (χ0) is 15.8. The van der Waals surface area contributed by atoms with Crippen molar-refractivity contribution in [2.45, 2.75) is 40.5 Å². The summed E-state index contributed by atoms with van der Waals surface area (Å²) < 4.78 is 2.18. The standard InChI is InChI=1S/C20H27N/c1-7-12-14-17(9-3)20-16(6)18(10-4)19(15-13-8-2)21(20)11-5/h7,9-12,14-15H,3,5,8,13H2,1-2,4,6H3/b12-7-,17-14+,18-10-,19-15+. The van der Waals surface area contributed by atoms with Crippen LogP contribution in [0.5, 0.6) is 0 Å². The molecular weight excluding hydrogens is 254 g/mol. The minimum atomic E-state index is 1.07. The predicted molar refractivity (Wildman–Crippen MR) is 97.3 cm³/mol. The molecule has 1 heterocycles. The number of hydrogen-bond acceptors (Lipinski definition) is 0. The normalized spacial score (nSPS) is 14.2. The molecule has 0 fully saturated rings. The van der Waals surface area contributed by atoms with Gasteiger partial charge in [-0.15, -0.1) is 0 Å². The van der Waals surface area contributed by atoms with E-state index in [1.807, 2.05) is 31.4 Å². The fraction of sp³-hybridized carbons (Fsp3) is 0.300. The number of aromatic nitrogens is 1. The zero-order valence-corrected chi connectivity index (χ0v) is 13.8. The Hall–Kier alpha value is -2.02. The molecule has 1 heteroatoms. The summed E-state index contributed by atoms with van der Waals surface area (Å²) >= 11 is 0. The highest BCUT2D eigenvalue weighted by Crippen LogP contribution is 2.17. The molecule has 1 rings (SSSR count). The minimum absolute atomic E-state index is 1.07. The predicted octanol–water partition coefficient (Wildman–Crippen LogP) is 4.42. The Labute approximate surface area is 129 Å². The molecule has 0 spiro atoms. The molecule has 0 aliphatic rings. The Kier molecular flexibility index (Phi) is 6.74. The van der Waals surface area contributed by atoms with Gasteiger partial charge in [0.1, 0.15) is 0 Å². The van der Waals surface area contributed by atoms with Crippen LogP contribution in [-0.4, -0.2) is 4.57 Å². The van der Waals surface area contributed by atoms with E-state index in [1.165, 1.54) is 21.8 Å². The third kappa shape index (κ3) is 3.55. The third-order valence-electron chi connectivity index (χ3n) is 3.59. The van der Waals surface area contributed by atoms with E-state index in [1.54, 1.807) is 0 Å². The van der Waals surface area contributed by atoms with Crippen LogP contribution >= 0.6 is 0 Å². The van der Waals surface area contributed by atoms with E-state index in [0.29, 0.717) is 0 Å². The monoisotopic (exact) mass is 281 g/mol. The lowest BCUT2D eigenvalue weighted by atomic mass is 10.1. The van der Waals surface area contributed by atoms with Gasteiger partial charge in [-0.25, -0.2) is 0 Å². The average Bonchev–Trinajstić information content (AvgIpc) is 2.77. The van der Waals surface area contributed by atoms with Crippen molar-refractivity contribution in [1.82, 2.24) is 4.57 Å². The van der Waals surface area contributed by atoms with Crippen LogP contribution < -0.4 is 10.6 Å². The van der Waals surface area contributed by atoms with E-state index >= 15 is 0 Å². The molecule has 0 radical (unpaired) electrons. The Bertz CT molecular complexity index is 678. The van der Waals surface area contributed by atoms with Gasteiger partial charge in [-0.3, -0.25) is 0 Å². The number of nitrogens with zero attached hydrogens (tertiary/aromatic N) is 1. The van der Waals surface area contributed by atoms with Gasteiger partial charge in [-0.05, 0) is 43.5 Å². The van der Waals surface area contributed by atoms with Crippen molar-refractivity contribution < 1.29 is 0 Å². The van der Waals surface area contributed by atoms with Crippen LogP contribution in [0, 0.1) is 6.92 Å². The van der Waals surface area contributed by atoms with Gasteiger partial charge < -0.3 is 4.57 Å². The van der Waals surface area contributed by atoms with Crippen LogP contribution in [0.1, 0.15) is 44.9 Å². The maximum absolute atomic E-state index is 4.00. The van der Waals surface area contributed by atoms with Gasteiger partial charge in [0.15, 0.2) is 0 Å². The van der Waals surface area contributed by atoms with Gasteiger partial charge >= 0.3 is 0 Å². The summed E-state index contributed by atoms with van der Waals surface area (Å²) in [6.07, 6.45) is 16.6. The SMILES string of the molecule is C=C/C(=C\C=C/C)c1c(C)c(=C/C)/c(=C\CCC)n1C=C.